The Bertz CT molecular complexity index is 937. The highest BCUT2D eigenvalue weighted by molar-refractivity contribution is 5.50. The Balaban J connectivity index is 1.50. The molecule has 1 spiro atoms. The predicted molar refractivity (Wildman–Crippen MR) is 108 cm³/mol. The maximum absolute atomic E-state index is 12.8. The summed E-state index contributed by atoms with van der Waals surface area (Å²) in [5.41, 5.74) is 4.20. The molecule has 1 aliphatic carbocycles. The van der Waals surface area contributed by atoms with Gasteiger partial charge in [-0.15, -0.1) is 0 Å². The van der Waals surface area contributed by atoms with Gasteiger partial charge in [-0.1, -0.05) is 0 Å². The summed E-state index contributed by atoms with van der Waals surface area (Å²) in [6, 6.07) is 4.24. The second-order valence-electron chi connectivity index (χ2n) is 8.28. The predicted octanol–water partition coefficient (Wildman–Crippen LogP) is 1.79. The SMILES string of the molecule is Cc1cc(N2CCCC3(CCc4c3nc(N3CCOCC3)[nH]c4=O)C2)ccn1. The molecular weight excluding hydrogens is 354 g/mol. The molecule has 5 rings (SSSR count). The van der Waals surface area contributed by atoms with Crippen LogP contribution in [0.1, 0.15) is 36.2 Å². The number of piperidine rings is 1. The quantitative estimate of drug-likeness (QED) is 0.855. The van der Waals surface area contributed by atoms with Gasteiger partial charge in [-0.05, 0) is 44.7 Å². The fourth-order valence-corrected chi connectivity index (χ4v) is 5.04. The van der Waals surface area contributed by atoms with E-state index in [1.165, 1.54) is 5.69 Å². The molecular formula is C21H27N5O2. The van der Waals surface area contributed by atoms with Crippen LogP contribution in [0.2, 0.25) is 0 Å². The molecule has 148 valence electrons. The van der Waals surface area contributed by atoms with Gasteiger partial charge >= 0.3 is 0 Å². The number of nitrogens with zero attached hydrogens (tertiary/aromatic N) is 4. The minimum atomic E-state index is -0.0277. The lowest BCUT2D eigenvalue weighted by Crippen LogP contribution is -2.46. The van der Waals surface area contributed by atoms with Crippen LogP contribution in [-0.4, -0.2) is 54.3 Å². The van der Waals surface area contributed by atoms with Crippen molar-refractivity contribution in [3.05, 3.63) is 45.6 Å². The van der Waals surface area contributed by atoms with E-state index in [0.29, 0.717) is 19.2 Å². The normalized spacial score (nSPS) is 24.6. The molecule has 4 heterocycles. The maximum atomic E-state index is 12.8. The molecule has 28 heavy (non-hydrogen) atoms. The van der Waals surface area contributed by atoms with Crippen LogP contribution in [0, 0.1) is 6.92 Å². The Labute approximate surface area is 164 Å². The Morgan fingerprint density at radius 1 is 1.18 bits per heavy atom. The third-order valence-corrected chi connectivity index (χ3v) is 6.49. The van der Waals surface area contributed by atoms with E-state index in [1.807, 2.05) is 13.1 Å². The van der Waals surface area contributed by atoms with Crippen LogP contribution in [0.5, 0.6) is 0 Å². The number of rotatable bonds is 2. The minimum Gasteiger partial charge on any atom is -0.378 e. The smallest absolute Gasteiger partial charge is 0.255 e. The van der Waals surface area contributed by atoms with Crippen molar-refractivity contribution < 1.29 is 4.74 Å². The Morgan fingerprint density at radius 3 is 2.86 bits per heavy atom. The second-order valence-corrected chi connectivity index (χ2v) is 8.28. The highest BCUT2D eigenvalue weighted by Gasteiger charge is 2.45. The summed E-state index contributed by atoms with van der Waals surface area (Å²) < 4.78 is 5.45. The molecule has 2 aliphatic heterocycles. The third kappa shape index (κ3) is 2.98. The molecule has 2 fully saturated rings. The van der Waals surface area contributed by atoms with E-state index in [4.69, 9.17) is 9.72 Å². The van der Waals surface area contributed by atoms with E-state index < -0.39 is 0 Å². The highest BCUT2D eigenvalue weighted by atomic mass is 16.5. The van der Waals surface area contributed by atoms with Gasteiger partial charge in [0.15, 0.2) is 0 Å². The number of morpholine rings is 1. The van der Waals surface area contributed by atoms with Gasteiger partial charge in [0.1, 0.15) is 0 Å². The van der Waals surface area contributed by atoms with E-state index in [1.54, 1.807) is 0 Å². The molecule has 0 amide bonds. The molecule has 0 radical (unpaired) electrons. The number of aromatic nitrogens is 3. The first-order valence-corrected chi connectivity index (χ1v) is 10.3. The van der Waals surface area contributed by atoms with Crippen molar-refractivity contribution in [2.45, 2.75) is 38.0 Å². The molecule has 2 aromatic rings. The number of nitrogens with one attached hydrogen (secondary N) is 1. The molecule has 1 N–H and O–H groups in total. The zero-order valence-corrected chi connectivity index (χ0v) is 16.4. The van der Waals surface area contributed by atoms with Crippen molar-refractivity contribution in [2.24, 2.45) is 0 Å². The molecule has 1 unspecified atom stereocenters. The monoisotopic (exact) mass is 381 g/mol. The van der Waals surface area contributed by atoms with Gasteiger partial charge in [0.05, 0.1) is 18.9 Å². The van der Waals surface area contributed by atoms with Crippen molar-refractivity contribution >= 4 is 11.6 Å². The lowest BCUT2D eigenvalue weighted by Gasteiger charge is -2.42. The first-order chi connectivity index (χ1) is 13.6. The molecule has 0 saturated carbocycles. The van der Waals surface area contributed by atoms with Crippen LogP contribution in [-0.2, 0) is 16.6 Å². The number of ether oxygens (including phenoxy) is 1. The summed E-state index contributed by atoms with van der Waals surface area (Å²) in [6.45, 7) is 6.91. The minimum absolute atomic E-state index is 0.0277. The number of aromatic amines is 1. The lowest BCUT2D eigenvalue weighted by atomic mass is 9.77. The van der Waals surface area contributed by atoms with Crippen molar-refractivity contribution in [3.8, 4) is 0 Å². The Morgan fingerprint density at radius 2 is 2.04 bits per heavy atom. The van der Waals surface area contributed by atoms with E-state index >= 15 is 0 Å². The maximum Gasteiger partial charge on any atom is 0.255 e. The summed E-state index contributed by atoms with van der Waals surface area (Å²) in [4.78, 5) is 29.8. The molecule has 7 heteroatoms. The van der Waals surface area contributed by atoms with Crippen LogP contribution >= 0.6 is 0 Å². The second kappa shape index (κ2) is 6.88. The molecule has 7 nitrogen and oxygen atoms in total. The summed E-state index contributed by atoms with van der Waals surface area (Å²) >= 11 is 0. The van der Waals surface area contributed by atoms with Crippen LogP contribution in [0.25, 0.3) is 0 Å². The van der Waals surface area contributed by atoms with E-state index in [2.05, 4.69) is 31.9 Å². The highest BCUT2D eigenvalue weighted by Crippen LogP contribution is 2.44. The topological polar surface area (TPSA) is 74.3 Å². The van der Waals surface area contributed by atoms with Gasteiger partial charge in [-0.2, -0.15) is 0 Å². The first kappa shape index (κ1) is 17.7. The first-order valence-electron chi connectivity index (χ1n) is 10.3. The summed E-state index contributed by atoms with van der Waals surface area (Å²) in [5.74, 6) is 0.713. The van der Waals surface area contributed by atoms with Gasteiger partial charge in [0, 0.05) is 54.7 Å². The van der Waals surface area contributed by atoms with Gasteiger partial charge in [0.25, 0.3) is 5.56 Å². The van der Waals surface area contributed by atoms with Crippen molar-refractivity contribution in [3.63, 3.8) is 0 Å². The average molecular weight is 381 g/mol. The molecule has 3 aliphatic rings. The van der Waals surface area contributed by atoms with Gasteiger partial charge in [-0.25, -0.2) is 4.98 Å². The number of hydrogen-bond donors (Lipinski definition) is 1. The fourth-order valence-electron chi connectivity index (χ4n) is 5.04. The van der Waals surface area contributed by atoms with Gasteiger partial charge in [-0.3, -0.25) is 14.8 Å². The number of hydrogen-bond acceptors (Lipinski definition) is 6. The number of anilines is 2. The Kier molecular flexibility index (Phi) is 4.34. The molecule has 2 aromatic heterocycles. The lowest BCUT2D eigenvalue weighted by molar-refractivity contribution is 0.122. The number of pyridine rings is 1. The molecule has 0 bridgehead atoms. The number of H-pyrrole nitrogens is 1. The van der Waals surface area contributed by atoms with Crippen LogP contribution in [0.15, 0.2) is 23.1 Å². The van der Waals surface area contributed by atoms with E-state index in [9.17, 15) is 4.79 Å². The number of fused-ring (bicyclic) bond motifs is 2. The van der Waals surface area contributed by atoms with E-state index in [0.717, 1.165) is 68.8 Å². The fraction of sp³-hybridized carbons (Fsp3) is 0.571. The van der Waals surface area contributed by atoms with Gasteiger partial charge < -0.3 is 14.5 Å². The van der Waals surface area contributed by atoms with Crippen LogP contribution < -0.4 is 15.4 Å². The largest absolute Gasteiger partial charge is 0.378 e. The van der Waals surface area contributed by atoms with Crippen LogP contribution in [0.3, 0.4) is 0 Å². The molecule has 2 saturated heterocycles. The summed E-state index contributed by atoms with van der Waals surface area (Å²) in [6.07, 6.45) is 5.92. The van der Waals surface area contributed by atoms with Crippen molar-refractivity contribution in [2.75, 3.05) is 49.2 Å². The molecule has 0 aromatic carbocycles. The van der Waals surface area contributed by atoms with Crippen molar-refractivity contribution in [1.82, 2.24) is 15.0 Å². The van der Waals surface area contributed by atoms with E-state index in [-0.39, 0.29) is 11.0 Å². The number of aryl methyl sites for hydroxylation is 1. The molecule has 1 atom stereocenters. The zero-order valence-electron chi connectivity index (χ0n) is 16.4. The zero-order chi connectivity index (χ0) is 19.1. The van der Waals surface area contributed by atoms with Gasteiger partial charge in [0.2, 0.25) is 5.95 Å². The average Bonchev–Trinajstić information content (AvgIpc) is 3.07. The summed E-state index contributed by atoms with van der Waals surface area (Å²) in [5, 5.41) is 0. The standard InChI is InChI=1S/C21H27N5O2/c1-15-13-16(4-7-22-15)26-8-2-5-21(14-26)6-3-17-18(21)23-20(24-19(17)27)25-9-11-28-12-10-25/h4,7,13H,2-3,5-6,8-12,14H2,1H3,(H,23,24,27). The third-order valence-electron chi connectivity index (χ3n) is 6.49. The van der Waals surface area contributed by atoms with Crippen molar-refractivity contribution in [1.29, 1.82) is 0 Å². The van der Waals surface area contributed by atoms with Crippen LogP contribution in [0.4, 0.5) is 11.6 Å². The summed E-state index contributed by atoms with van der Waals surface area (Å²) in [7, 11) is 0. The Hall–Kier alpha value is -2.41.